The minimum atomic E-state index is -4.43. The lowest BCUT2D eigenvalue weighted by molar-refractivity contribution is -0.137. The first-order chi connectivity index (χ1) is 12.1. The molecular formula is C16H20F3NO5S. The number of halogens is 3. The molecule has 0 spiro atoms. The summed E-state index contributed by atoms with van der Waals surface area (Å²) >= 11 is 0. The van der Waals surface area contributed by atoms with Crippen molar-refractivity contribution in [1.29, 1.82) is 0 Å². The number of hydroxylamine groups is 1. The molecule has 1 aliphatic heterocycles. The molecule has 1 N–H and O–H groups in total. The lowest BCUT2D eigenvalue weighted by atomic mass is 10.1. The number of rotatable bonds is 6. The average molecular weight is 395 g/mol. The number of benzene rings is 1. The highest BCUT2D eigenvalue weighted by Crippen LogP contribution is 2.29. The van der Waals surface area contributed by atoms with E-state index in [4.69, 9.17) is 9.57 Å². The van der Waals surface area contributed by atoms with Crippen LogP contribution in [0, 0.1) is 0 Å². The van der Waals surface area contributed by atoms with Gasteiger partial charge in [0.25, 0.3) is 5.91 Å². The van der Waals surface area contributed by atoms with Crippen LogP contribution in [0.25, 0.3) is 0 Å². The summed E-state index contributed by atoms with van der Waals surface area (Å²) in [5.74, 6) is -0.816. The molecule has 1 saturated heterocycles. The quantitative estimate of drug-likeness (QED) is 0.747. The predicted molar refractivity (Wildman–Crippen MR) is 86.6 cm³/mol. The van der Waals surface area contributed by atoms with Gasteiger partial charge in [0.2, 0.25) is 0 Å². The third-order valence-electron chi connectivity index (χ3n) is 4.19. The number of carbonyl (C=O) groups is 1. The highest BCUT2D eigenvalue weighted by Gasteiger charge is 2.36. The Balaban J connectivity index is 1.86. The highest BCUT2D eigenvalue weighted by molar-refractivity contribution is 7.93. The van der Waals surface area contributed by atoms with Crippen molar-refractivity contribution >= 4 is 15.7 Å². The first kappa shape index (κ1) is 20.7. The lowest BCUT2D eigenvalue weighted by Crippen LogP contribution is -2.43. The minimum Gasteiger partial charge on any atom is -0.381 e. The van der Waals surface area contributed by atoms with Gasteiger partial charge in [0.05, 0.1) is 17.4 Å². The number of nitrogens with one attached hydrogen (secondary N) is 1. The Hall–Kier alpha value is -1.65. The van der Waals surface area contributed by atoms with Crippen LogP contribution in [-0.4, -0.2) is 38.0 Å². The van der Waals surface area contributed by atoms with Crippen molar-refractivity contribution < 1.29 is 36.0 Å². The number of hydrogen-bond donors (Lipinski definition) is 1. The minimum absolute atomic E-state index is 0.187. The van der Waals surface area contributed by atoms with Crippen LogP contribution in [0.15, 0.2) is 24.3 Å². The standard InChI is InChI=1S/C16H20F3NO5S/c1-11(26(22,23)14-6-8-24-9-7-14)15(21)20-25-10-12-2-4-13(5-3-12)16(17,18)19/h2-5,11,14H,6-10H2,1H3,(H,20,21). The monoisotopic (exact) mass is 395 g/mol. The van der Waals surface area contributed by atoms with Gasteiger partial charge < -0.3 is 4.74 Å². The molecule has 1 aromatic rings. The summed E-state index contributed by atoms with van der Waals surface area (Å²) in [4.78, 5) is 17.0. The van der Waals surface area contributed by atoms with Gasteiger partial charge in [-0.15, -0.1) is 0 Å². The zero-order valence-electron chi connectivity index (χ0n) is 14.1. The third-order valence-corrected chi connectivity index (χ3v) is 6.79. The fraction of sp³-hybridized carbons (Fsp3) is 0.562. The molecule has 1 fully saturated rings. The van der Waals surface area contributed by atoms with Gasteiger partial charge in [0.15, 0.2) is 9.84 Å². The highest BCUT2D eigenvalue weighted by atomic mass is 32.2. The van der Waals surface area contributed by atoms with E-state index in [0.29, 0.717) is 31.6 Å². The van der Waals surface area contributed by atoms with Gasteiger partial charge in [-0.1, -0.05) is 12.1 Å². The summed E-state index contributed by atoms with van der Waals surface area (Å²) in [6.45, 7) is 1.76. The van der Waals surface area contributed by atoms with Crippen LogP contribution in [-0.2, 0) is 37.0 Å². The van der Waals surface area contributed by atoms with Crippen molar-refractivity contribution in [1.82, 2.24) is 5.48 Å². The number of hydrogen-bond acceptors (Lipinski definition) is 5. The van der Waals surface area contributed by atoms with Crippen LogP contribution in [0.3, 0.4) is 0 Å². The summed E-state index contributed by atoms with van der Waals surface area (Å²) in [6, 6.07) is 4.24. The molecule has 26 heavy (non-hydrogen) atoms. The Morgan fingerprint density at radius 1 is 1.27 bits per heavy atom. The Labute approximate surface area is 149 Å². The molecular weight excluding hydrogens is 375 g/mol. The van der Waals surface area contributed by atoms with Crippen molar-refractivity contribution in [2.24, 2.45) is 0 Å². The molecule has 6 nitrogen and oxygen atoms in total. The van der Waals surface area contributed by atoms with Crippen molar-refractivity contribution in [2.75, 3.05) is 13.2 Å². The SMILES string of the molecule is CC(C(=O)NOCc1ccc(C(F)(F)F)cc1)S(=O)(=O)C1CCOCC1. The van der Waals surface area contributed by atoms with E-state index in [2.05, 4.69) is 0 Å². The van der Waals surface area contributed by atoms with Crippen molar-refractivity contribution in [3.63, 3.8) is 0 Å². The number of amides is 1. The van der Waals surface area contributed by atoms with Crippen LogP contribution >= 0.6 is 0 Å². The van der Waals surface area contributed by atoms with Gasteiger partial charge in [-0.05, 0) is 37.5 Å². The third kappa shape index (κ3) is 5.18. The Morgan fingerprint density at radius 2 is 1.85 bits per heavy atom. The maximum Gasteiger partial charge on any atom is 0.416 e. The molecule has 10 heteroatoms. The Morgan fingerprint density at radius 3 is 2.38 bits per heavy atom. The zero-order valence-corrected chi connectivity index (χ0v) is 14.9. The Bertz CT molecular complexity index is 712. The van der Waals surface area contributed by atoms with E-state index < -0.39 is 38.0 Å². The van der Waals surface area contributed by atoms with E-state index in [0.717, 1.165) is 12.1 Å². The van der Waals surface area contributed by atoms with E-state index in [1.165, 1.54) is 19.1 Å². The van der Waals surface area contributed by atoms with Gasteiger partial charge >= 0.3 is 6.18 Å². The summed E-state index contributed by atoms with van der Waals surface area (Å²) < 4.78 is 67.4. The van der Waals surface area contributed by atoms with Crippen molar-refractivity contribution in [3.05, 3.63) is 35.4 Å². The van der Waals surface area contributed by atoms with E-state index in [1.54, 1.807) is 0 Å². The summed E-state index contributed by atoms with van der Waals surface area (Å²) in [5.41, 5.74) is 1.66. The van der Waals surface area contributed by atoms with E-state index in [9.17, 15) is 26.4 Å². The molecule has 1 unspecified atom stereocenters. The molecule has 1 aromatic carbocycles. The molecule has 1 amide bonds. The van der Waals surface area contributed by atoms with Gasteiger partial charge in [-0.25, -0.2) is 13.9 Å². The Kier molecular flexibility index (Phi) is 6.64. The molecule has 0 radical (unpaired) electrons. The summed E-state index contributed by atoms with van der Waals surface area (Å²) in [5, 5.41) is -1.93. The van der Waals surface area contributed by atoms with Crippen LogP contribution in [0.5, 0.6) is 0 Å². The fourth-order valence-corrected chi connectivity index (χ4v) is 4.28. The first-order valence-corrected chi connectivity index (χ1v) is 9.61. The van der Waals surface area contributed by atoms with Gasteiger partial charge in [0, 0.05) is 13.2 Å². The van der Waals surface area contributed by atoms with Gasteiger partial charge in [-0.2, -0.15) is 13.2 Å². The van der Waals surface area contributed by atoms with Gasteiger partial charge in [0.1, 0.15) is 5.25 Å². The second-order valence-electron chi connectivity index (χ2n) is 5.99. The van der Waals surface area contributed by atoms with Crippen LogP contribution < -0.4 is 5.48 Å². The number of carbonyl (C=O) groups excluding carboxylic acids is 1. The second kappa shape index (κ2) is 8.36. The predicted octanol–water partition coefficient (Wildman–Crippen LogP) is 2.24. The van der Waals surface area contributed by atoms with Crippen LogP contribution in [0.2, 0.25) is 0 Å². The maximum absolute atomic E-state index is 12.5. The molecule has 1 aliphatic rings. The first-order valence-electron chi connectivity index (χ1n) is 8.00. The number of sulfone groups is 1. The number of alkyl halides is 3. The molecule has 1 atom stereocenters. The number of ether oxygens (including phenoxy) is 1. The van der Waals surface area contributed by atoms with Crippen LogP contribution in [0.4, 0.5) is 13.2 Å². The van der Waals surface area contributed by atoms with E-state index >= 15 is 0 Å². The van der Waals surface area contributed by atoms with Crippen LogP contribution in [0.1, 0.15) is 30.9 Å². The molecule has 0 bridgehead atoms. The van der Waals surface area contributed by atoms with Crippen molar-refractivity contribution in [3.8, 4) is 0 Å². The molecule has 1 heterocycles. The summed E-state index contributed by atoms with van der Waals surface area (Å²) in [6.07, 6.45) is -3.75. The molecule has 0 saturated carbocycles. The lowest BCUT2D eigenvalue weighted by Gasteiger charge is -2.24. The molecule has 2 rings (SSSR count). The van der Waals surface area contributed by atoms with E-state index in [-0.39, 0.29) is 6.61 Å². The van der Waals surface area contributed by atoms with Crippen molar-refractivity contribution in [2.45, 2.75) is 43.0 Å². The summed E-state index contributed by atoms with van der Waals surface area (Å²) in [7, 11) is -3.68. The molecule has 146 valence electrons. The smallest absolute Gasteiger partial charge is 0.381 e. The molecule has 0 aliphatic carbocycles. The topological polar surface area (TPSA) is 81.7 Å². The maximum atomic E-state index is 12.5. The second-order valence-corrected chi connectivity index (χ2v) is 8.54. The van der Waals surface area contributed by atoms with Gasteiger partial charge in [-0.3, -0.25) is 9.63 Å². The largest absolute Gasteiger partial charge is 0.416 e. The van der Waals surface area contributed by atoms with E-state index in [1.807, 2.05) is 5.48 Å². The normalized spacial score (nSPS) is 17.7. The molecule has 0 aromatic heterocycles. The average Bonchev–Trinajstić information content (AvgIpc) is 2.61. The zero-order chi connectivity index (χ0) is 19.4. The fourth-order valence-electron chi connectivity index (χ4n) is 2.51.